The summed E-state index contributed by atoms with van der Waals surface area (Å²) >= 11 is 0. The Bertz CT molecular complexity index is 1260. The third-order valence-corrected chi connectivity index (χ3v) is 5.36. The second-order valence-corrected chi connectivity index (χ2v) is 7.31. The van der Waals surface area contributed by atoms with E-state index in [1.807, 2.05) is 30.3 Å². The summed E-state index contributed by atoms with van der Waals surface area (Å²) in [5, 5.41) is 15.5. The van der Waals surface area contributed by atoms with Crippen LogP contribution in [0.2, 0.25) is 0 Å². The largest absolute Gasteiger partial charge is 0.493 e. The van der Waals surface area contributed by atoms with Gasteiger partial charge in [0, 0.05) is 41.5 Å². The molecule has 0 saturated carbocycles. The smallest absolute Gasteiger partial charge is 0.274 e. The molecule has 0 radical (unpaired) electrons. The molecule has 32 heavy (non-hydrogen) atoms. The molecule has 1 N–H and O–H groups in total. The number of rotatable bonds is 8. The monoisotopic (exact) mass is 429 g/mol. The summed E-state index contributed by atoms with van der Waals surface area (Å²) in [6.07, 6.45) is 2.53. The fraction of sp³-hybridized carbons (Fsp3) is 0.160. The summed E-state index contributed by atoms with van der Waals surface area (Å²) in [5.74, 6) is 1.32. The number of nitro benzene ring substituents is 1. The van der Waals surface area contributed by atoms with E-state index in [0.717, 1.165) is 34.1 Å². The number of nitrogens with one attached hydrogen (secondary N) is 1. The Hall–Kier alpha value is -4.13. The lowest BCUT2D eigenvalue weighted by Crippen LogP contribution is -2.03. The van der Waals surface area contributed by atoms with Crippen LogP contribution in [-0.4, -0.2) is 24.1 Å². The van der Waals surface area contributed by atoms with Crippen molar-refractivity contribution in [3.8, 4) is 11.5 Å². The van der Waals surface area contributed by atoms with Gasteiger partial charge in [0.1, 0.15) is 0 Å². The number of hydrogen-bond acceptors (Lipinski definition) is 6. The number of fused-ring (bicyclic) bond motifs is 1. The molecule has 0 spiro atoms. The van der Waals surface area contributed by atoms with Gasteiger partial charge in [-0.1, -0.05) is 30.3 Å². The van der Waals surface area contributed by atoms with Gasteiger partial charge in [0.2, 0.25) is 0 Å². The molecule has 7 heteroatoms. The van der Waals surface area contributed by atoms with Crippen molar-refractivity contribution < 1.29 is 14.4 Å². The van der Waals surface area contributed by atoms with Crippen molar-refractivity contribution in [2.75, 3.05) is 19.5 Å². The molecule has 1 heterocycles. The molecule has 0 bridgehead atoms. The van der Waals surface area contributed by atoms with E-state index in [0.29, 0.717) is 23.6 Å². The van der Waals surface area contributed by atoms with Crippen LogP contribution >= 0.6 is 0 Å². The van der Waals surface area contributed by atoms with E-state index in [-0.39, 0.29) is 10.6 Å². The predicted octanol–water partition coefficient (Wildman–Crippen LogP) is 5.36. The van der Waals surface area contributed by atoms with Gasteiger partial charge in [0.15, 0.2) is 11.5 Å². The topological polar surface area (TPSA) is 86.5 Å². The Labute approximate surface area is 185 Å². The summed E-state index contributed by atoms with van der Waals surface area (Å²) in [5.41, 5.74) is 4.79. The van der Waals surface area contributed by atoms with Crippen molar-refractivity contribution in [2.45, 2.75) is 13.0 Å². The SMILES string of the molecule is COc1cc2nccc(Cc3ccc(NCc4ccccc4[N+](=O)[O-])cc3)c2cc1OC. The van der Waals surface area contributed by atoms with Gasteiger partial charge in [-0.05, 0) is 41.8 Å². The van der Waals surface area contributed by atoms with Crippen LogP contribution < -0.4 is 14.8 Å². The van der Waals surface area contributed by atoms with Gasteiger partial charge in [-0.2, -0.15) is 0 Å². The van der Waals surface area contributed by atoms with Gasteiger partial charge in [-0.15, -0.1) is 0 Å². The minimum absolute atomic E-state index is 0.119. The van der Waals surface area contributed by atoms with Crippen LogP contribution in [-0.2, 0) is 13.0 Å². The van der Waals surface area contributed by atoms with Gasteiger partial charge >= 0.3 is 0 Å². The number of benzene rings is 3. The molecule has 4 aromatic rings. The summed E-state index contributed by atoms with van der Waals surface area (Å²) in [7, 11) is 3.23. The van der Waals surface area contributed by atoms with Crippen LogP contribution in [0.4, 0.5) is 11.4 Å². The van der Waals surface area contributed by atoms with Crippen molar-refractivity contribution in [1.82, 2.24) is 4.98 Å². The minimum Gasteiger partial charge on any atom is -0.493 e. The first-order chi connectivity index (χ1) is 15.6. The molecule has 0 saturated heterocycles. The first kappa shape index (κ1) is 21.1. The second-order valence-electron chi connectivity index (χ2n) is 7.31. The van der Waals surface area contributed by atoms with Crippen molar-refractivity contribution in [1.29, 1.82) is 0 Å². The van der Waals surface area contributed by atoms with E-state index in [2.05, 4.69) is 22.4 Å². The van der Waals surface area contributed by atoms with Crippen LogP contribution in [0.25, 0.3) is 10.9 Å². The van der Waals surface area contributed by atoms with Crippen molar-refractivity contribution in [3.05, 3.63) is 99.7 Å². The summed E-state index contributed by atoms with van der Waals surface area (Å²) in [6.45, 7) is 0.382. The maximum absolute atomic E-state index is 11.2. The van der Waals surface area contributed by atoms with E-state index in [1.165, 1.54) is 6.07 Å². The zero-order chi connectivity index (χ0) is 22.5. The van der Waals surface area contributed by atoms with Crippen molar-refractivity contribution in [2.24, 2.45) is 0 Å². The molecule has 1 aromatic heterocycles. The average molecular weight is 429 g/mol. The first-order valence-corrected chi connectivity index (χ1v) is 10.1. The second kappa shape index (κ2) is 9.34. The highest BCUT2D eigenvalue weighted by Gasteiger charge is 2.12. The van der Waals surface area contributed by atoms with Gasteiger partial charge < -0.3 is 14.8 Å². The molecular weight excluding hydrogens is 406 g/mol. The Morgan fingerprint density at radius 2 is 1.66 bits per heavy atom. The first-order valence-electron chi connectivity index (χ1n) is 10.1. The van der Waals surface area contributed by atoms with Crippen molar-refractivity contribution in [3.63, 3.8) is 0 Å². The summed E-state index contributed by atoms with van der Waals surface area (Å²) < 4.78 is 10.8. The summed E-state index contributed by atoms with van der Waals surface area (Å²) in [6, 6.07) is 20.7. The normalized spacial score (nSPS) is 10.7. The molecule has 0 unspecified atom stereocenters. The number of ether oxygens (including phenoxy) is 2. The molecule has 7 nitrogen and oxygen atoms in total. The van der Waals surface area contributed by atoms with E-state index in [1.54, 1.807) is 38.6 Å². The Balaban J connectivity index is 1.51. The third-order valence-electron chi connectivity index (χ3n) is 5.36. The fourth-order valence-electron chi connectivity index (χ4n) is 3.68. The lowest BCUT2D eigenvalue weighted by atomic mass is 10.0. The predicted molar refractivity (Wildman–Crippen MR) is 125 cm³/mol. The highest BCUT2D eigenvalue weighted by atomic mass is 16.6. The molecule has 0 fully saturated rings. The highest BCUT2D eigenvalue weighted by molar-refractivity contribution is 5.86. The van der Waals surface area contributed by atoms with Crippen molar-refractivity contribution >= 4 is 22.3 Å². The zero-order valence-electron chi connectivity index (χ0n) is 17.9. The Morgan fingerprint density at radius 3 is 2.38 bits per heavy atom. The van der Waals surface area contributed by atoms with Gasteiger partial charge in [-0.25, -0.2) is 0 Å². The number of para-hydroxylation sites is 1. The molecule has 0 aliphatic rings. The number of aromatic nitrogens is 1. The molecule has 0 atom stereocenters. The van der Waals surface area contributed by atoms with Gasteiger partial charge in [0.05, 0.1) is 24.7 Å². The number of anilines is 1. The maximum Gasteiger partial charge on any atom is 0.274 e. The van der Waals surface area contributed by atoms with Gasteiger partial charge in [-0.3, -0.25) is 15.1 Å². The van der Waals surface area contributed by atoms with E-state index in [4.69, 9.17) is 9.47 Å². The fourth-order valence-corrected chi connectivity index (χ4v) is 3.68. The highest BCUT2D eigenvalue weighted by Crippen LogP contribution is 2.33. The van der Waals surface area contributed by atoms with Gasteiger partial charge in [0.25, 0.3) is 5.69 Å². The number of methoxy groups -OCH3 is 2. The number of hydrogen-bond donors (Lipinski definition) is 1. The van der Waals surface area contributed by atoms with E-state index >= 15 is 0 Å². The number of nitrogens with zero attached hydrogens (tertiary/aromatic N) is 2. The average Bonchev–Trinajstić information content (AvgIpc) is 2.83. The minimum atomic E-state index is -0.357. The van der Waals surface area contributed by atoms with E-state index in [9.17, 15) is 10.1 Å². The molecule has 0 amide bonds. The van der Waals surface area contributed by atoms with Crippen LogP contribution in [0.3, 0.4) is 0 Å². The molecule has 0 aliphatic carbocycles. The molecule has 4 rings (SSSR count). The third kappa shape index (κ3) is 4.46. The standard InChI is InChI=1S/C25H23N3O4/c1-31-24-14-21-18(11-12-26-22(21)15-25(24)32-2)13-17-7-9-20(10-8-17)27-16-19-5-3-4-6-23(19)28(29)30/h3-12,14-15,27H,13,16H2,1-2H3. The van der Waals surface area contributed by atoms with Crippen LogP contribution in [0.15, 0.2) is 72.9 Å². The molecular formula is C25H23N3O4. The lowest BCUT2D eigenvalue weighted by Gasteiger charge is -2.12. The maximum atomic E-state index is 11.2. The zero-order valence-corrected chi connectivity index (χ0v) is 17.9. The quantitative estimate of drug-likeness (QED) is 0.300. The number of pyridine rings is 1. The molecule has 162 valence electrons. The molecule has 3 aromatic carbocycles. The summed E-state index contributed by atoms with van der Waals surface area (Å²) in [4.78, 5) is 15.3. The number of nitro groups is 1. The molecule has 0 aliphatic heterocycles. The van der Waals surface area contributed by atoms with Crippen LogP contribution in [0.1, 0.15) is 16.7 Å². The lowest BCUT2D eigenvalue weighted by molar-refractivity contribution is -0.385. The van der Waals surface area contributed by atoms with Crippen LogP contribution in [0, 0.1) is 10.1 Å². The van der Waals surface area contributed by atoms with E-state index < -0.39 is 0 Å². The Morgan fingerprint density at radius 1 is 0.938 bits per heavy atom. The van der Waals surface area contributed by atoms with Crippen LogP contribution in [0.5, 0.6) is 11.5 Å². The Kier molecular flexibility index (Phi) is 6.17.